The fourth-order valence-electron chi connectivity index (χ4n) is 4.69. The molecule has 4 aromatic rings. The molecule has 1 N–H and O–H groups in total. The summed E-state index contributed by atoms with van der Waals surface area (Å²) >= 11 is 6.20. The van der Waals surface area contributed by atoms with Crippen LogP contribution in [-0.4, -0.2) is 49.7 Å². The Balaban J connectivity index is 1.17. The van der Waals surface area contributed by atoms with Crippen LogP contribution >= 0.6 is 11.6 Å². The smallest absolute Gasteiger partial charge is 0.169 e. The van der Waals surface area contributed by atoms with Crippen molar-refractivity contribution in [3.63, 3.8) is 0 Å². The van der Waals surface area contributed by atoms with Gasteiger partial charge < -0.3 is 19.4 Å². The number of fused-ring (bicyclic) bond motifs is 1. The SMILES string of the molecule is COc1ccccc1Oc1ccccc1N1CCN(CCCc2c[nH]c3ccc(Cl)cc23)CC1. The molecule has 0 radical (unpaired) electrons. The van der Waals surface area contributed by atoms with Gasteiger partial charge in [-0.1, -0.05) is 35.9 Å². The highest BCUT2D eigenvalue weighted by Gasteiger charge is 2.20. The highest BCUT2D eigenvalue weighted by Crippen LogP contribution is 2.36. The highest BCUT2D eigenvalue weighted by molar-refractivity contribution is 6.31. The Morgan fingerprint density at radius 2 is 1.62 bits per heavy atom. The zero-order valence-electron chi connectivity index (χ0n) is 19.5. The Bertz CT molecular complexity index is 1250. The van der Waals surface area contributed by atoms with Crippen LogP contribution in [0.25, 0.3) is 10.9 Å². The summed E-state index contributed by atoms with van der Waals surface area (Å²) in [5.41, 5.74) is 3.63. The maximum Gasteiger partial charge on any atom is 0.169 e. The normalized spacial score (nSPS) is 14.5. The standard InChI is InChI=1S/C28H30ClN3O2/c1-33-27-10-4-5-11-28(27)34-26-9-3-2-8-25(26)32-17-15-31(16-18-32)14-6-7-21-20-30-24-13-12-22(29)19-23(21)24/h2-5,8-13,19-20,30H,6-7,14-18H2,1H3. The number of rotatable bonds is 8. The lowest BCUT2D eigenvalue weighted by atomic mass is 10.1. The van der Waals surface area contributed by atoms with Crippen LogP contribution < -0.4 is 14.4 Å². The molecule has 6 heteroatoms. The number of H-pyrrole nitrogens is 1. The molecular formula is C28H30ClN3O2. The van der Waals surface area contributed by atoms with E-state index in [-0.39, 0.29) is 0 Å². The Kier molecular flexibility index (Phi) is 6.93. The van der Waals surface area contributed by atoms with E-state index in [0.29, 0.717) is 0 Å². The Morgan fingerprint density at radius 3 is 2.41 bits per heavy atom. The molecule has 0 amide bonds. The van der Waals surface area contributed by atoms with E-state index < -0.39 is 0 Å². The van der Waals surface area contributed by atoms with Gasteiger partial charge in [0.15, 0.2) is 17.2 Å². The summed E-state index contributed by atoms with van der Waals surface area (Å²) in [4.78, 5) is 8.34. The van der Waals surface area contributed by atoms with Crippen LogP contribution in [-0.2, 0) is 6.42 Å². The molecule has 0 saturated carbocycles. The van der Waals surface area contributed by atoms with E-state index in [2.05, 4.69) is 45.2 Å². The minimum absolute atomic E-state index is 0.731. The van der Waals surface area contributed by atoms with E-state index in [1.54, 1.807) is 7.11 Å². The first-order valence-corrected chi connectivity index (χ1v) is 12.2. The van der Waals surface area contributed by atoms with Gasteiger partial charge in [0.05, 0.1) is 12.8 Å². The van der Waals surface area contributed by atoms with Crippen molar-refractivity contribution in [1.82, 2.24) is 9.88 Å². The van der Waals surface area contributed by atoms with Crippen molar-refractivity contribution in [3.8, 4) is 17.2 Å². The van der Waals surface area contributed by atoms with Gasteiger partial charge in [-0.05, 0) is 67.4 Å². The fourth-order valence-corrected chi connectivity index (χ4v) is 4.86. The van der Waals surface area contributed by atoms with Crippen molar-refractivity contribution < 1.29 is 9.47 Å². The Hall–Kier alpha value is -3.15. The number of hydrogen-bond donors (Lipinski definition) is 1. The summed E-state index contributed by atoms with van der Waals surface area (Å²) < 4.78 is 11.7. The van der Waals surface area contributed by atoms with Crippen molar-refractivity contribution in [2.75, 3.05) is 44.7 Å². The number of benzene rings is 3. The molecule has 0 spiro atoms. The third-order valence-electron chi connectivity index (χ3n) is 6.52. The van der Waals surface area contributed by atoms with E-state index in [1.165, 1.54) is 10.9 Å². The lowest BCUT2D eigenvalue weighted by Gasteiger charge is -2.36. The number of methoxy groups -OCH3 is 1. The second-order valence-corrected chi connectivity index (χ2v) is 9.09. The number of piperazine rings is 1. The zero-order valence-corrected chi connectivity index (χ0v) is 20.2. The van der Waals surface area contributed by atoms with Crippen molar-refractivity contribution in [2.45, 2.75) is 12.8 Å². The molecule has 5 nitrogen and oxygen atoms in total. The van der Waals surface area contributed by atoms with Crippen molar-refractivity contribution in [3.05, 3.63) is 83.5 Å². The number of ether oxygens (including phenoxy) is 2. The van der Waals surface area contributed by atoms with E-state index in [9.17, 15) is 0 Å². The molecule has 3 aromatic carbocycles. The van der Waals surface area contributed by atoms with Crippen molar-refractivity contribution >= 4 is 28.2 Å². The fraction of sp³-hybridized carbons (Fsp3) is 0.286. The summed E-state index contributed by atoms with van der Waals surface area (Å²) in [5.74, 6) is 2.33. The number of anilines is 1. The molecule has 0 aliphatic carbocycles. The second kappa shape index (κ2) is 10.4. The minimum Gasteiger partial charge on any atom is -0.493 e. The number of aromatic nitrogens is 1. The van der Waals surface area contributed by atoms with E-state index in [1.807, 2.05) is 42.5 Å². The molecule has 34 heavy (non-hydrogen) atoms. The first-order valence-electron chi connectivity index (χ1n) is 11.8. The lowest BCUT2D eigenvalue weighted by Crippen LogP contribution is -2.46. The van der Waals surface area contributed by atoms with Gasteiger partial charge in [-0.3, -0.25) is 4.90 Å². The molecule has 5 rings (SSSR count). The maximum atomic E-state index is 6.27. The van der Waals surface area contributed by atoms with Gasteiger partial charge in [-0.25, -0.2) is 0 Å². The monoisotopic (exact) mass is 475 g/mol. The van der Waals surface area contributed by atoms with Gasteiger partial charge in [0, 0.05) is 48.3 Å². The molecular weight excluding hydrogens is 446 g/mol. The highest BCUT2D eigenvalue weighted by atomic mass is 35.5. The van der Waals surface area contributed by atoms with Gasteiger partial charge in [0.2, 0.25) is 0 Å². The van der Waals surface area contributed by atoms with E-state index in [0.717, 1.165) is 79.0 Å². The number of halogens is 1. The maximum absolute atomic E-state index is 6.27. The largest absolute Gasteiger partial charge is 0.493 e. The third kappa shape index (κ3) is 5.01. The number of hydrogen-bond acceptors (Lipinski definition) is 4. The van der Waals surface area contributed by atoms with E-state index >= 15 is 0 Å². The van der Waals surface area contributed by atoms with Gasteiger partial charge >= 0.3 is 0 Å². The van der Waals surface area contributed by atoms with Gasteiger partial charge in [-0.2, -0.15) is 0 Å². The van der Waals surface area contributed by atoms with Gasteiger partial charge in [0.1, 0.15) is 0 Å². The first-order chi connectivity index (χ1) is 16.7. The predicted octanol–water partition coefficient (Wildman–Crippen LogP) is 6.38. The number of aryl methyl sites for hydroxylation is 1. The number of nitrogens with zero attached hydrogens (tertiary/aromatic N) is 2. The van der Waals surface area contributed by atoms with Crippen molar-refractivity contribution in [2.24, 2.45) is 0 Å². The topological polar surface area (TPSA) is 40.7 Å². The average molecular weight is 476 g/mol. The van der Waals surface area contributed by atoms with Crippen molar-refractivity contribution in [1.29, 1.82) is 0 Å². The quantitative estimate of drug-likeness (QED) is 0.321. The molecule has 0 atom stereocenters. The molecule has 176 valence electrons. The number of aromatic amines is 1. The van der Waals surface area contributed by atoms with Crippen LogP contribution in [0.4, 0.5) is 5.69 Å². The summed E-state index contributed by atoms with van der Waals surface area (Å²) in [6.07, 6.45) is 4.31. The average Bonchev–Trinajstić information content (AvgIpc) is 3.27. The zero-order chi connectivity index (χ0) is 23.3. The summed E-state index contributed by atoms with van der Waals surface area (Å²) in [7, 11) is 1.67. The van der Waals surface area contributed by atoms with Crippen LogP contribution in [0, 0.1) is 0 Å². The van der Waals surface area contributed by atoms with Gasteiger partial charge in [0.25, 0.3) is 0 Å². The third-order valence-corrected chi connectivity index (χ3v) is 6.75. The molecule has 1 aromatic heterocycles. The van der Waals surface area contributed by atoms with Crippen LogP contribution in [0.1, 0.15) is 12.0 Å². The van der Waals surface area contributed by atoms with Gasteiger partial charge in [-0.15, -0.1) is 0 Å². The Labute approximate surface area is 205 Å². The summed E-state index contributed by atoms with van der Waals surface area (Å²) in [6.45, 7) is 5.15. The minimum atomic E-state index is 0.731. The second-order valence-electron chi connectivity index (χ2n) is 8.66. The Morgan fingerprint density at radius 1 is 0.882 bits per heavy atom. The van der Waals surface area contributed by atoms with Crippen LogP contribution in [0.15, 0.2) is 72.9 Å². The first kappa shape index (κ1) is 22.6. The molecule has 1 aliphatic rings. The van der Waals surface area contributed by atoms with Crippen LogP contribution in [0.2, 0.25) is 5.02 Å². The number of para-hydroxylation sites is 4. The molecule has 0 bridgehead atoms. The van der Waals surface area contributed by atoms with E-state index in [4.69, 9.17) is 21.1 Å². The molecule has 2 heterocycles. The molecule has 1 fully saturated rings. The molecule has 0 unspecified atom stereocenters. The predicted molar refractivity (Wildman–Crippen MR) is 140 cm³/mol. The van der Waals surface area contributed by atoms with Crippen LogP contribution in [0.5, 0.6) is 17.2 Å². The molecule has 1 aliphatic heterocycles. The van der Waals surface area contributed by atoms with Crippen LogP contribution in [0.3, 0.4) is 0 Å². The molecule has 1 saturated heterocycles. The summed E-state index contributed by atoms with van der Waals surface area (Å²) in [5, 5.41) is 2.03. The summed E-state index contributed by atoms with van der Waals surface area (Å²) in [6, 6.07) is 22.1. The number of nitrogens with one attached hydrogen (secondary N) is 1. The lowest BCUT2D eigenvalue weighted by molar-refractivity contribution is 0.254.